The van der Waals surface area contributed by atoms with Crippen LogP contribution in [0.15, 0.2) is 56.0 Å². The summed E-state index contributed by atoms with van der Waals surface area (Å²) in [4.78, 5) is 5.63. The molecule has 0 unspecified atom stereocenters. The van der Waals surface area contributed by atoms with Crippen LogP contribution in [0.3, 0.4) is 0 Å². The van der Waals surface area contributed by atoms with E-state index in [2.05, 4.69) is 77.9 Å². The van der Waals surface area contributed by atoms with Crippen LogP contribution in [0.2, 0.25) is 0 Å². The zero-order chi connectivity index (χ0) is 17.5. The van der Waals surface area contributed by atoms with E-state index in [4.69, 9.17) is 0 Å². The van der Waals surface area contributed by atoms with Crippen molar-refractivity contribution in [3.8, 4) is 0 Å². The second kappa shape index (κ2) is 6.46. The van der Waals surface area contributed by atoms with E-state index in [9.17, 15) is 0 Å². The van der Waals surface area contributed by atoms with Crippen LogP contribution in [0.1, 0.15) is 52.7 Å². The first-order valence-corrected chi connectivity index (χ1v) is 10.3. The molecule has 0 N–H and O–H groups in total. The molecule has 1 aliphatic heterocycles. The van der Waals surface area contributed by atoms with Gasteiger partial charge in [0.15, 0.2) is 0 Å². The van der Waals surface area contributed by atoms with Gasteiger partial charge < -0.3 is 0 Å². The molecule has 2 heteroatoms. The van der Waals surface area contributed by atoms with Crippen molar-refractivity contribution in [2.24, 2.45) is 10.8 Å². The van der Waals surface area contributed by atoms with Crippen molar-refractivity contribution in [1.82, 2.24) is 0 Å². The highest BCUT2D eigenvalue weighted by molar-refractivity contribution is 8.05. The lowest BCUT2D eigenvalue weighted by Gasteiger charge is -2.23. The average Bonchev–Trinajstić information content (AvgIpc) is 2.41. The Hall–Kier alpha value is -0.860. The average molecular weight is 357 g/mol. The van der Waals surface area contributed by atoms with Crippen molar-refractivity contribution in [2.45, 2.75) is 74.0 Å². The molecular formula is C22H28S2. The summed E-state index contributed by atoms with van der Waals surface area (Å²) >= 11 is 3.86. The van der Waals surface area contributed by atoms with Crippen molar-refractivity contribution in [3.05, 3.63) is 47.5 Å². The van der Waals surface area contributed by atoms with Gasteiger partial charge in [-0.3, -0.25) is 0 Å². The summed E-state index contributed by atoms with van der Waals surface area (Å²) in [6, 6.07) is 14.0. The highest BCUT2D eigenvalue weighted by Crippen LogP contribution is 2.49. The third-order valence-corrected chi connectivity index (χ3v) is 6.45. The van der Waals surface area contributed by atoms with Crippen molar-refractivity contribution >= 4 is 23.5 Å². The minimum absolute atomic E-state index is 0.334. The quantitative estimate of drug-likeness (QED) is 0.467. The Morgan fingerprint density at radius 1 is 0.583 bits per heavy atom. The Labute approximate surface area is 155 Å². The number of benzene rings is 2. The number of hydrogen-bond donors (Lipinski definition) is 0. The second-order valence-electron chi connectivity index (χ2n) is 9.24. The maximum absolute atomic E-state index is 2.39. The molecule has 2 aromatic rings. The summed E-state index contributed by atoms with van der Waals surface area (Å²) in [5.41, 5.74) is 3.56. The Morgan fingerprint density at radius 2 is 0.958 bits per heavy atom. The first kappa shape index (κ1) is 17.9. The van der Waals surface area contributed by atoms with Gasteiger partial charge in [0.05, 0.1) is 0 Å². The number of hydrogen-bond acceptors (Lipinski definition) is 2. The molecule has 3 rings (SSSR count). The van der Waals surface area contributed by atoms with E-state index in [1.54, 1.807) is 0 Å². The molecule has 1 heterocycles. The van der Waals surface area contributed by atoms with E-state index in [0.717, 1.165) is 12.8 Å². The van der Waals surface area contributed by atoms with Crippen molar-refractivity contribution in [3.63, 3.8) is 0 Å². The first-order chi connectivity index (χ1) is 11.1. The minimum atomic E-state index is 0.334. The smallest absolute Gasteiger partial charge is 0.0265 e. The molecule has 0 saturated heterocycles. The molecule has 0 atom stereocenters. The zero-order valence-corrected chi connectivity index (χ0v) is 17.3. The maximum Gasteiger partial charge on any atom is 0.0265 e. The Morgan fingerprint density at radius 3 is 1.29 bits per heavy atom. The molecule has 1 aliphatic rings. The number of fused-ring (bicyclic) bond motifs is 2. The van der Waals surface area contributed by atoms with Crippen LogP contribution >= 0.6 is 23.5 Å². The Balaban J connectivity index is 1.84. The van der Waals surface area contributed by atoms with Crippen LogP contribution in [0.4, 0.5) is 0 Å². The lowest BCUT2D eigenvalue weighted by atomic mass is 9.88. The fraction of sp³-hybridized carbons (Fsp3) is 0.455. The largest absolute Gasteiger partial charge is 0.0877 e. The summed E-state index contributed by atoms with van der Waals surface area (Å²) in [5.74, 6) is 0. The standard InChI is InChI=1S/C22H28S2/c1-21(2,3)13-15-7-9-17-19(11-15)23-18-10-8-16(12-20(18)24-17)14-22(4,5)6/h7-12H,13-14H2,1-6H3. The summed E-state index contributed by atoms with van der Waals surface area (Å²) in [6.45, 7) is 13.8. The van der Waals surface area contributed by atoms with Crippen molar-refractivity contribution < 1.29 is 0 Å². The summed E-state index contributed by atoms with van der Waals surface area (Å²) in [7, 11) is 0. The van der Waals surface area contributed by atoms with Crippen LogP contribution in [-0.2, 0) is 12.8 Å². The molecule has 0 spiro atoms. The van der Waals surface area contributed by atoms with Gasteiger partial charge in [0.25, 0.3) is 0 Å². The topological polar surface area (TPSA) is 0 Å². The predicted molar refractivity (Wildman–Crippen MR) is 107 cm³/mol. The molecule has 24 heavy (non-hydrogen) atoms. The highest BCUT2D eigenvalue weighted by Gasteiger charge is 2.20. The molecule has 128 valence electrons. The van der Waals surface area contributed by atoms with Crippen LogP contribution in [0.25, 0.3) is 0 Å². The molecule has 2 aromatic carbocycles. The molecule has 0 bridgehead atoms. The summed E-state index contributed by atoms with van der Waals surface area (Å²) < 4.78 is 0. The molecule has 0 aliphatic carbocycles. The van der Waals surface area contributed by atoms with Crippen molar-refractivity contribution in [2.75, 3.05) is 0 Å². The zero-order valence-electron chi connectivity index (χ0n) is 15.7. The lowest BCUT2D eigenvalue weighted by Crippen LogP contribution is -2.09. The van der Waals surface area contributed by atoms with Gasteiger partial charge >= 0.3 is 0 Å². The lowest BCUT2D eigenvalue weighted by molar-refractivity contribution is 0.410. The maximum atomic E-state index is 2.39. The minimum Gasteiger partial charge on any atom is -0.0877 e. The SMILES string of the molecule is CC(C)(C)Cc1ccc2c(c1)Sc1ccc(CC(C)(C)C)cc1S2. The fourth-order valence-electron chi connectivity index (χ4n) is 3.11. The van der Waals surface area contributed by atoms with Gasteiger partial charge in [-0.05, 0) is 59.1 Å². The molecule has 0 fully saturated rings. The van der Waals surface area contributed by atoms with Gasteiger partial charge in [-0.25, -0.2) is 0 Å². The highest BCUT2D eigenvalue weighted by atomic mass is 32.2. The van der Waals surface area contributed by atoms with Gasteiger partial charge in [0.1, 0.15) is 0 Å². The van der Waals surface area contributed by atoms with E-state index < -0.39 is 0 Å². The molecule has 0 aromatic heterocycles. The molecule has 0 nitrogen and oxygen atoms in total. The number of rotatable bonds is 2. The fourth-order valence-corrected chi connectivity index (χ4v) is 5.44. The van der Waals surface area contributed by atoms with Crippen LogP contribution in [0.5, 0.6) is 0 Å². The van der Waals surface area contributed by atoms with Gasteiger partial charge in [-0.15, -0.1) is 0 Å². The van der Waals surface area contributed by atoms with Crippen LogP contribution in [0, 0.1) is 10.8 Å². The van der Waals surface area contributed by atoms with Gasteiger partial charge in [-0.1, -0.05) is 77.2 Å². The van der Waals surface area contributed by atoms with Gasteiger partial charge in [0.2, 0.25) is 0 Å². The third kappa shape index (κ3) is 4.61. The summed E-state index contributed by atoms with van der Waals surface area (Å²) in [6.07, 6.45) is 2.26. The summed E-state index contributed by atoms with van der Waals surface area (Å²) in [5, 5.41) is 0. The predicted octanol–water partition coefficient (Wildman–Crippen LogP) is 7.48. The van der Waals surface area contributed by atoms with Crippen LogP contribution in [-0.4, -0.2) is 0 Å². The second-order valence-corrected chi connectivity index (χ2v) is 11.4. The van der Waals surface area contributed by atoms with E-state index in [1.807, 2.05) is 23.5 Å². The Bertz CT molecular complexity index is 680. The molecule has 0 saturated carbocycles. The van der Waals surface area contributed by atoms with E-state index in [1.165, 1.54) is 30.7 Å². The van der Waals surface area contributed by atoms with E-state index >= 15 is 0 Å². The normalized spacial score (nSPS) is 14.2. The van der Waals surface area contributed by atoms with Crippen LogP contribution < -0.4 is 0 Å². The Kier molecular flexibility index (Phi) is 4.83. The van der Waals surface area contributed by atoms with E-state index in [0.29, 0.717) is 10.8 Å². The molecule has 0 radical (unpaired) electrons. The van der Waals surface area contributed by atoms with Crippen molar-refractivity contribution in [1.29, 1.82) is 0 Å². The molecular weight excluding hydrogens is 328 g/mol. The molecule has 0 amide bonds. The van der Waals surface area contributed by atoms with Gasteiger partial charge in [0, 0.05) is 19.6 Å². The van der Waals surface area contributed by atoms with E-state index in [-0.39, 0.29) is 0 Å². The van der Waals surface area contributed by atoms with Gasteiger partial charge in [-0.2, -0.15) is 0 Å². The third-order valence-electron chi connectivity index (χ3n) is 3.92. The monoisotopic (exact) mass is 356 g/mol. The first-order valence-electron chi connectivity index (χ1n) is 8.71.